The largest absolute Gasteiger partial charge is 0.394 e. The molecule has 1 unspecified atom stereocenters. The van der Waals surface area contributed by atoms with Crippen LogP contribution < -0.4 is 17.0 Å². The fourth-order valence-corrected chi connectivity index (χ4v) is 6.33. The van der Waals surface area contributed by atoms with Crippen molar-refractivity contribution in [3.05, 3.63) is 35.3 Å². The lowest BCUT2D eigenvalue weighted by Crippen LogP contribution is -2.33. The Bertz CT molecular complexity index is 1740. The molecule has 17 nitrogen and oxygen atoms in total. The van der Waals surface area contributed by atoms with E-state index in [1.54, 1.807) is 6.07 Å². The summed E-state index contributed by atoms with van der Waals surface area (Å²) in [5, 5.41) is 20.6. The van der Waals surface area contributed by atoms with Gasteiger partial charge in [0.15, 0.2) is 36.0 Å². The lowest BCUT2D eigenvalue weighted by molar-refractivity contribution is -0.0552. The maximum absolute atomic E-state index is 15.3. The summed E-state index contributed by atoms with van der Waals surface area (Å²) in [7, 11) is 0. The number of rotatable bonds is 8. The van der Waals surface area contributed by atoms with Crippen LogP contribution in [0.15, 0.2) is 29.7 Å². The fraction of sp³-hybridized carbons (Fsp3) is 0.476. The van der Waals surface area contributed by atoms with Gasteiger partial charge in [-0.15, -0.1) is 0 Å². The van der Waals surface area contributed by atoms with Gasteiger partial charge in [0, 0.05) is 6.20 Å². The van der Waals surface area contributed by atoms with E-state index in [0.29, 0.717) is 5.39 Å². The molecule has 0 radical (unpaired) electrons. The first-order valence-electron chi connectivity index (χ1n) is 12.3. The minimum absolute atomic E-state index is 0.0835. The zero-order chi connectivity index (χ0) is 29.9. The Balaban J connectivity index is 1.19. The van der Waals surface area contributed by atoms with Gasteiger partial charge in [-0.05, 0) is 17.9 Å². The normalized spacial score (nSPS) is 31.3. The molecule has 21 heteroatoms. The summed E-state index contributed by atoms with van der Waals surface area (Å²) in [5.41, 5.74) is 10.8. The number of hydrogen-bond donors (Lipinski definition) is 6. The third-order valence-electron chi connectivity index (χ3n) is 6.93. The van der Waals surface area contributed by atoms with Crippen molar-refractivity contribution in [2.45, 2.75) is 49.2 Å². The Labute approximate surface area is 238 Å². The first-order chi connectivity index (χ1) is 20.0. The van der Waals surface area contributed by atoms with E-state index in [1.165, 1.54) is 17.1 Å². The van der Waals surface area contributed by atoms with Gasteiger partial charge >= 0.3 is 6.72 Å². The van der Waals surface area contributed by atoms with Crippen molar-refractivity contribution in [2.75, 3.05) is 24.7 Å². The zero-order valence-electron chi connectivity index (χ0n) is 21.2. The number of nitrogen functional groups attached to an aromatic ring is 2. The van der Waals surface area contributed by atoms with Gasteiger partial charge in [0.1, 0.15) is 42.2 Å². The summed E-state index contributed by atoms with van der Waals surface area (Å²) in [6, 6.07) is 1.56. The molecule has 6 heterocycles. The lowest BCUT2D eigenvalue weighted by atomic mass is 10.1. The van der Waals surface area contributed by atoms with Gasteiger partial charge in [0.2, 0.25) is 5.95 Å². The van der Waals surface area contributed by atoms with Crippen molar-refractivity contribution in [1.29, 1.82) is 0 Å². The molecule has 4 aromatic rings. The molecule has 226 valence electrons. The van der Waals surface area contributed by atoms with Crippen molar-refractivity contribution in [3.8, 4) is 0 Å². The van der Waals surface area contributed by atoms with Crippen LogP contribution in [-0.4, -0.2) is 99.1 Å². The number of nitrogens with two attached hydrogens (primary N) is 2. The molecule has 2 saturated heterocycles. The second kappa shape index (κ2) is 10.8. The van der Waals surface area contributed by atoms with Crippen molar-refractivity contribution in [3.63, 3.8) is 0 Å². The third kappa shape index (κ3) is 4.93. The molecule has 0 spiro atoms. The molecule has 0 bridgehead atoms. The number of H-pyrrole nitrogens is 1. The number of fused-ring (bicyclic) bond motifs is 2. The van der Waals surface area contributed by atoms with E-state index in [0.717, 1.165) is 10.9 Å². The van der Waals surface area contributed by atoms with Crippen molar-refractivity contribution < 1.29 is 42.4 Å². The van der Waals surface area contributed by atoms with Crippen LogP contribution in [0.25, 0.3) is 22.2 Å². The number of nitrogens with one attached hydrogen (secondary N) is 1. The molecule has 4 aromatic heterocycles. The number of halogens is 2. The second-order valence-corrected chi connectivity index (χ2v) is 12.3. The number of alkyl halides is 2. The monoisotopic (exact) mass is 631 g/mol. The van der Waals surface area contributed by atoms with Crippen molar-refractivity contribution >= 4 is 52.5 Å². The summed E-state index contributed by atoms with van der Waals surface area (Å²) < 4.78 is 54.9. The van der Waals surface area contributed by atoms with Gasteiger partial charge in [-0.2, -0.15) is 4.98 Å². The van der Waals surface area contributed by atoms with E-state index in [2.05, 4.69) is 24.9 Å². The molecule has 2 aliphatic heterocycles. The highest BCUT2D eigenvalue weighted by Gasteiger charge is 2.50. The van der Waals surface area contributed by atoms with Gasteiger partial charge < -0.3 is 45.1 Å². The predicted molar refractivity (Wildman–Crippen MR) is 143 cm³/mol. The van der Waals surface area contributed by atoms with Crippen LogP contribution >= 0.6 is 6.72 Å². The Hall–Kier alpha value is -3.20. The Morgan fingerprint density at radius 3 is 2.64 bits per heavy atom. The molecule has 0 aliphatic carbocycles. The van der Waals surface area contributed by atoms with Crippen molar-refractivity contribution in [2.24, 2.45) is 0 Å². The quantitative estimate of drug-likeness (QED) is 0.130. The summed E-state index contributed by atoms with van der Waals surface area (Å²) in [6.07, 6.45) is -9.04. The number of ether oxygens (including phenoxy) is 2. The van der Waals surface area contributed by atoms with E-state index < -0.39 is 74.7 Å². The highest BCUT2D eigenvalue weighted by atomic mass is 32.5. The Kier molecular flexibility index (Phi) is 7.44. The van der Waals surface area contributed by atoms with Crippen LogP contribution in [0.2, 0.25) is 0 Å². The number of hydrogen-bond acceptors (Lipinski definition) is 14. The van der Waals surface area contributed by atoms with Crippen LogP contribution in [0.4, 0.5) is 20.5 Å². The summed E-state index contributed by atoms with van der Waals surface area (Å²) in [6.45, 7) is -5.73. The molecular formula is C21H24F2N9O8PS. The zero-order valence-corrected chi connectivity index (χ0v) is 22.9. The maximum Gasteiger partial charge on any atom is 0.325 e. The molecule has 0 aromatic carbocycles. The molecule has 2 fully saturated rings. The molecule has 8 N–H and O–H groups in total. The average molecular weight is 632 g/mol. The third-order valence-corrected chi connectivity index (χ3v) is 8.49. The van der Waals surface area contributed by atoms with Gasteiger partial charge in [-0.1, -0.05) is 0 Å². The van der Waals surface area contributed by atoms with E-state index in [9.17, 15) is 19.9 Å². The minimum atomic E-state index is -4.33. The molecule has 2 aliphatic rings. The summed E-state index contributed by atoms with van der Waals surface area (Å²) >= 11 is 5.07. The topological polar surface area (TPSA) is 244 Å². The van der Waals surface area contributed by atoms with Crippen LogP contribution in [0.1, 0.15) is 12.5 Å². The Morgan fingerprint density at radius 2 is 1.88 bits per heavy atom. The van der Waals surface area contributed by atoms with Crippen molar-refractivity contribution in [1.82, 2.24) is 34.1 Å². The maximum atomic E-state index is 15.3. The number of imidazole rings is 1. The van der Waals surface area contributed by atoms with Crippen LogP contribution in [0.3, 0.4) is 0 Å². The number of nitrogens with zero attached hydrogens (tertiary/aromatic N) is 6. The van der Waals surface area contributed by atoms with Crippen LogP contribution in [0, 0.1) is 0 Å². The number of aromatic nitrogens is 7. The van der Waals surface area contributed by atoms with Gasteiger partial charge in [-0.25, -0.2) is 23.7 Å². The SMILES string of the molecule is Nc1nc2c(ncn2[C@@H]2O[C@H](CO)[C@H](F)[C@H]2OP(O)(=S)OC[C@H]2O[C@@H](n3ccc4c(N)ncnc43)[C@@H](F)[C@@H]2O)c(=O)[nH]1. The predicted octanol–water partition coefficient (Wildman–Crippen LogP) is -0.828. The van der Waals surface area contributed by atoms with Gasteiger partial charge in [0.25, 0.3) is 5.56 Å². The first kappa shape index (κ1) is 28.9. The van der Waals surface area contributed by atoms with Gasteiger partial charge in [0.05, 0.1) is 24.9 Å². The number of anilines is 2. The fourth-order valence-electron chi connectivity index (χ4n) is 4.92. The standard InChI is InChI=1S/C21H24F2N9O8PS/c22-10-8(3-33)38-20(32-6-28-12-17(32)29-21(25)30-18(12)35)14(10)40-41(36,42)37-4-9-13(34)11(23)19(39-9)31-2-1-7-15(24)26-5-27-16(7)31/h1-2,5-6,8-11,13-14,19-20,33-34H,3-4H2,(H,36,42)(H2,24,26,27)(H3,25,29,30,35)/t8-,9-,10+,11+,13-,14-,19-,20-,41?/m1/s1. The van der Waals surface area contributed by atoms with Crippen LogP contribution in [0.5, 0.6) is 0 Å². The van der Waals surface area contributed by atoms with E-state index in [4.69, 9.17) is 41.8 Å². The highest BCUT2D eigenvalue weighted by molar-refractivity contribution is 8.07. The van der Waals surface area contributed by atoms with Gasteiger partial charge in [-0.3, -0.25) is 18.9 Å². The van der Waals surface area contributed by atoms with E-state index in [1.807, 2.05) is 0 Å². The van der Waals surface area contributed by atoms with E-state index in [-0.39, 0.29) is 28.6 Å². The smallest absolute Gasteiger partial charge is 0.325 e. The molecular weight excluding hydrogens is 607 g/mol. The summed E-state index contributed by atoms with van der Waals surface area (Å²) in [4.78, 5) is 41.2. The lowest BCUT2D eigenvalue weighted by Gasteiger charge is -2.26. The number of aromatic amines is 1. The number of aliphatic hydroxyl groups is 2. The highest BCUT2D eigenvalue weighted by Crippen LogP contribution is 2.51. The minimum Gasteiger partial charge on any atom is -0.394 e. The number of aliphatic hydroxyl groups excluding tert-OH is 2. The molecule has 42 heavy (non-hydrogen) atoms. The van der Waals surface area contributed by atoms with E-state index >= 15 is 8.78 Å². The Morgan fingerprint density at radius 1 is 1.12 bits per heavy atom. The molecule has 0 amide bonds. The molecule has 6 rings (SSSR count). The first-order valence-corrected chi connectivity index (χ1v) is 14.9. The molecule has 0 saturated carbocycles. The van der Waals surface area contributed by atoms with Crippen LogP contribution in [-0.2, 0) is 30.3 Å². The average Bonchev–Trinajstić information content (AvgIpc) is 3.69. The second-order valence-electron chi connectivity index (χ2n) is 9.52. The molecule has 9 atom stereocenters. The summed E-state index contributed by atoms with van der Waals surface area (Å²) in [5.74, 6) is -0.0801.